The number of nitrogens with two attached hydrogens (primary N) is 1. The lowest BCUT2D eigenvalue weighted by Crippen LogP contribution is -2.46. The quantitative estimate of drug-likeness (QED) is 0.725. The van der Waals surface area contributed by atoms with Crippen molar-refractivity contribution in [2.45, 2.75) is 44.4 Å². The topological polar surface area (TPSA) is 58.4 Å². The molecule has 0 aromatic heterocycles. The van der Waals surface area contributed by atoms with Crippen LogP contribution >= 0.6 is 12.4 Å². The first-order chi connectivity index (χ1) is 11.8. The fourth-order valence-corrected chi connectivity index (χ4v) is 3.07. The number of nitrogens with one attached hydrogen (secondary N) is 1. The van der Waals surface area contributed by atoms with Crippen LogP contribution in [0.2, 0.25) is 0 Å². The molecule has 0 aliphatic carbocycles. The van der Waals surface area contributed by atoms with Crippen LogP contribution in [0.25, 0.3) is 0 Å². The second-order valence-corrected chi connectivity index (χ2v) is 6.27. The van der Waals surface area contributed by atoms with E-state index in [1.165, 1.54) is 6.07 Å². The number of rotatable bonds is 6. The number of hydrogen-bond donors (Lipinski definition) is 2. The monoisotopic (exact) mass is 397 g/mol. The first-order valence-electron chi connectivity index (χ1n) is 8.37. The highest BCUT2D eigenvalue weighted by molar-refractivity contribution is 5.85. The van der Waals surface area contributed by atoms with Gasteiger partial charge in [-0.3, -0.25) is 9.69 Å². The summed E-state index contributed by atoms with van der Waals surface area (Å²) in [7, 11) is 0. The molecule has 1 aromatic carbocycles. The summed E-state index contributed by atoms with van der Waals surface area (Å²) in [5.74, 6) is -1.39. The number of benzene rings is 1. The average molecular weight is 398 g/mol. The summed E-state index contributed by atoms with van der Waals surface area (Å²) in [6.07, 6.45) is -1.65. The molecule has 0 radical (unpaired) electrons. The van der Waals surface area contributed by atoms with Crippen LogP contribution in [0.3, 0.4) is 0 Å². The van der Waals surface area contributed by atoms with Crippen molar-refractivity contribution in [2.24, 2.45) is 5.73 Å². The van der Waals surface area contributed by atoms with E-state index in [0.717, 1.165) is 37.9 Å². The summed E-state index contributed by atoms with van der Waals surface area (Å²) in [6.45, 7) is 1.74. The first kappa shape index (κ1) is 22.7. The minimum absolute atomic E-state index is 0. The van der Waals surface area contributed by atoms with E-state index in [4.69, 9.17) is 5.73 Å². The molecule has 148 valence electrons. The highest BCUT2D eigenvalue weighted by atomic mass is 35.5. The van der Waals surface area contributed by atoms with E-state index < -0.39 is 17.6 Å². The molecular weight excluding hydrogens is 374 g/mol. The SMILES string of the molecule is Cl.NCCC(=O)NCC1CCCCN1Cc1ccc(F)c(C(F)(F)F)c1. The van der Waals surface area contributed by atoms with Gasteiger partial charge in [-0.2, -0.15) is 13.2 Å². The van der Waals surface area contributed by atoms with Gasteiger partial charge in [0.2, 0.25) is 5.91 Å². The van der Waals surface area contributed by atoms with Crippen molar-refractivity contribution < 1.29 is 22.4 Å². The number of piperidine rings is 1. The molecule has 3 N–H and O–H groups in total. The first-order valence-corrected chi connectivity index (χ1v) is 8.37. The summed E-state index contributed by atoms with van der Waals surface area (Å²) in [4.78, 5) is 13.6. The van der Waals surface area contributed by atoms with Crippen LogP contribution in [-0.4, -0.2) is 36.5 Å². The molecule has 1 aliphatic heterocycles. The average Bonchev–Trinajstić information content (AvgIpc) is 2.55. The molecule has 0 bridgehead atoms. The Morgan fingerprint density at radius 2 is 2.04 bits per heavy atom. The maximum atomic E-state index is 13.4. The molecule has 1 amide bonds. The van der Waals surface area contributed by atoms with Crippen LogP contribution in [0, 0.1) is 5.82 Å². The summed E-state index contributed by atoms with van der Waals surface area (Å²) < 4.78 is 52.0. The molecule has 0 saturated carbocycles. The van der Waals surface area contributed by atoms with Gasteiger partial charge in [0.1, 0.15) is 5.82 Å². The van der Waals surface area contributed by atoms with Crippen LogP contribution in [0.5, 0.6) is 0 Å². The number of hydrogen-bond acceptors (Lipinski definition) is 3. The van der Waals surface area contributed by atoms with Gasteiger partial charge in [0, 0.05) is 32.1 Å². The van der Waals surface area contributed by atoms with Gasteiger partial charge in [-0.1, -0.05) is 12.5 Å². The third kappa shape index (κ3) is 6.41. The van der Waals surface area contributed by atoms with Crippen molar-refractivity contribution >= 4 is 18.3 Å². The third-order valence-corrected chi connectivity index (χ3v) is 4.38. The van der Waals surface area contributed by atoms with E-state index in [1.54, 1.807) is 0 Å². The maximum absolute atomic E-state index is 13.4. The number of carbonyl (C=O) groups excluding carboxylic acids is 1. The number of alkyl halides is 3. The van der Waals surface area contributed by atoms with Crippen molar-refractivity contribution in [1.82, 2.24) is 10.2 Å². The predicted molar refractivity (Wildman–Crippen MR) is 93.4 cm³/mol. The lowest BCUT2D eigenvalue weighted by atomic mass is 10.0. The minimum Gasteiger partial charge on any atom is -0.354 e. The van der Waals surface area contributed by atoms with Crippen LogP contribution in [0.4, 0.5) is 17.6 Å². The number of nitrogens with zero attached hydrogens (tertiary/aromatic N) is 1. The smallest absolute Gasteiger partial charge is 0.354 e. The molecule has 26 heavy (non-hydrogen) atoms. The fraction of sp³-hybridized carbons (Fsp3) is 0.588. The maximum Gasteiger partial charge on any atom is 0.419 e. The standard InChI is InChI=1S/C17H23F4N3O.ClH/c18-15-5-4-12(9-14(15)17(19,20)21)11-24-8-2-1-3-13(24)10-23-16(25)6-7-22;/h4-5,9,13H,1-3,6-8,10-11,22H2,(H,23,25);1H. The van der Waals surface area contributed by atoms with E-state index >= 15 is 0 Å². The molecule has 1 fully saturated rings. The Hall–Kier alpha value is -1.38. The third-order valence-electron chi connectivity index (χ3n) is 4.38. The van der Waals surface area contributed by atoms with E-state index in [2.05, 4.69) is 5.32 Å². The van der Waals surface area contributed by atoms with E-state index in [1.807, 2.05) is 4.90 Å². The second kappa shape index (κ2) is 10.1. The van der Waals surface area contributed by atoms with Crippen LogP contribution < -0.4 is 11.1 Å². The molecule has 1 aliphatic rings. The molecule has 1 heterocycles. The lowest BCUT2D eigenvalue weighted by Gasteiger charge is -2.36. The molecular formula is C17H24ClF4N3O. The Kier molecular flexibility index (Phi) is 8.79. The molecule has 1 saturated heterocycles. The molecule has 1 aromatic rings. The zero-order valence-electron chi connectivity index (χ0n) is 14.3. The Labute approximate surface area is 156 Å². The van der Waals surface area contributed by atoms with Crippen molar-refractivity contribution in [1.29, 1.82) is 0 Å². The van der Waals surface area contributed by atoms with Gasteiger partial charge in [-0.25, -0.2) is 4.39 Å². The van der Waals surface area contributed by atoms with Gasteiger partial charge in [0.25, 0.3) is 0 Å². The van der Waals surface area contributed by atoms with Crippen molar-refractivity contribution in [3.63, 3.8) is 0 Å². The van der Waals surface area contributed by atoms with Crippen LogP contribution in [0.1, 0.15) is 36.8 Å². The second-order valence-electron chi connectivity index (χ2n) is 6.27. The van der Waals surface area contributed by atoms with Crippen LogP contribution in [0.15, 0.2) is 18.2 Å². The van der Waals surface area contributed by atoms with E-state index in [0.29, 0.717) is 18.7 Å². The highest BCUT2D eigenvalue weighted by Crippen LogP contribution is 2.32. The predicted octanol–water partition coefficient (Wildman–Crippen LogP) is 3.09. The molecule has 0 spiro atoms. The zero-order chi connectivity index (χ0) is 18.4. The zero-order valence-corrected chi connectivity index (χ0v) is 15.1. The largest absolute Gasteiger partial charge is 0.419 e. The Bertz CT molecular complexity index is 598. The van der Waals surface area contributed by atoms with Crippen LogP contribution in [-0.2, 0) is 17.5 Å². The number of likely N-dealkylation sites (tertiary alicyclic amines) is 1. The van der Waals surface area contributed by atoms with Gasteiger partial charge < -0.3 is 11.1 Å². The molecule has 9 heteroatoms. The van der Waals surface area contributed by atoms with E-state index in [-0.39, 0.29) is 37.3 Å². The van der Waals surface area contributed by atoms with Crippen molar-refractivity contribution in [3.05, 3.63) is 35.1 Å². The van der Waals surface area contributed by atoms with Gasteiger partial charge in [-0.15, -0.1) is 12.4 Å². The van der Waals surface area contributed by atoms with Crippen molar-refractivity contribution in [3.8, 4) is 0 Å². The number of carbonyl (C=O) groups is 1. The summed E-state index contributed by atoms with van der Waals surface area (Å²) >= 11 is 0. The Morgan fingerprint density at radius 3 is 2.69 bits per heavy atom. The Balaban J connectivity index is 0.00000338. The van der Waals surface area contributed by atoms with Gasteiger partial charge in [-0.05, 0) is 37.1 Å². The lowest BCUT2D eigenvalue weighted by molar-refractivity contribution is -0.140. The van der Waals surface area contributed by atoms with Crippen molar-refractivity contribution in [2.75, 3.05) is 19.6 Å². The number of amides is 1. The van der Waals surface area contributed by atoms with Gasteiger partial charge in [0.15, 0.2) is 0 Å². The van der Waals surface area contributed by atoms with E-state index in [9.17, 15) is 22.4 Å². The fourth-order valence-electron chi connectivity index (χ4n) is 3.07. The number of halogens is 5. The summed E-state index contributed by atoms with van der Waals surface area (Å²) in [5, 5.41) is 2.81. The minimum atomic E-state index is -4.71. The summed E-state index contributed by atoms with van der Waals surface area (Å²) in [6, 6.07) is 3.16. The molecule has 1 atom stereocenters. The summed E-state index contributed by atoms with van der Waals surface area (Å²) in [5.41, 5.74) is 4.51. The molecule has 1 unspecified atom stereocenters. The molecule has 4 nitrogen and oxygen atoms in total. The highest BCUT2D eigenvalue weighted by Gasteiger charge is 2.34. The normalized spacial score (nSPS) is 18.3. The van der Waals surface area contributed by atoms with Gasteiger partial charge in [0.05, 0.1) is 5.56 Å². The molecule has 2 rings (SSSR count). The Morgan fingerprint density at radius 1 is 1.31 bits per heavy atom. The van der Waals surface area contributed by atoms with Gasteiger partial charge >= 0.3 is 6.18 Å².